The number of aromatic nitrogens is 1. The molecule has 7 heteroatoms. The highest BCUT2D eigenvalue weighted by atomic mass is 32.1. The standard InChI is InChI=1S/C21H20FN3O2S/c1-14-6-8-17(9-7-14)23-19(26)12-25(2)20(27)11-18-13-28-21(24-18)15-4-3-5-16(22)10-15/h3-10,13H,11-12H2,1-2H3,(H,23,26). The topological polar surface area (TPSA) is 62.3 Å². The van der Waals surface area contributed by atoms with Crippen LogP contribution in [0.4, 0.5) is 10.1 Å². The van der Waals surface area contributed by atoms with Gasteiger partial charge in [-0.05, 0) is 31.2 Å². The third kappa shape index (κ3) is 5.23. The van der Waals surface area contributed by atoms with E-state index < -0.39 is 0 Å². The summed E-state index contributed by atoms with van der Waals surface area (Å²) in [4.78, 5) is 30.3. The number of nitrogens with one attached hydrogen (secondary N) is 1. The first-order valence-electron chi connectivity index (χ1n) is 8.71. The molecule has 0 radical (unpaired) electrons. The van der Waals surface area contributed by atoms with Crippen LogP contribution in [0.25, 0.3) is 10.6 Å². The van der Waals surface area contributed by atoms with E-state index in [2.05, 4.69) is 10.3 Å². The second-order valence-corrected chi connectivity index (χ2v) is 7.35. The lowest BCUT2D eigenvalue weighted by Gasteiger charge is -2.16. The molecule has 0 saturated carbocycles. The molecule has 0 saturated heterocycles. The van der Waals surface area contributed by atoms with E-state index >= 15 is 0 Å². The number of carbonyl (C=O) groups excluding carboxylic acids is 2. The number of aryl methyl sites for hydroxylation is 1. The third-order valence-electron chi connectivity index (χ3n) is 4.10. The fourth-order valence-corrected chi connectivity index (χ4v) is 3.39. The van der Waals surface area contributed by atoms with Crippen molar-refractivity contribution in [2.75, 3.05) is 18.9 Å². The van der Waals surface area contributed by atoms with Crippen molar-refractivity contribution < 1.29 is 14.0 Å². The van der Waals surface area contributed by atoms with Crippen LogP contribution in [0.3, 0.4) is 0 Å². The zero-order valence-corrected chi connectivity index (χ0v) is 16.4. The molecule has 0 spiro atoms. The third-order valence-corrected chi connectivity index (χ3v) is 5.04. The van der Waals surface area contributed by atoms with Gasteiger partial charge in [-0.15, -0.1) is 11.3 Å². The summed E-state index contributed by atoms with van der Waals surface area (Å²) in [6, 6.07) is 13.6. The molecule has 0 bridgehead atoms. The molecule has 28 heavy (non-hydrogen) atoms. The smallest absolute Gasteiger partial charge is 0.243 e. The Morgan fingerprint density at radius 3 is 2.64 bits per heavy atom. The van der Waals surface area contributed by atoms with Crippen molar-refractivity contribution in [2.24, 2.45) is 0 Å². The lowest BCUT2D eigenvalue weighted by Crippen LogP contribution is -2.35. The van der Waals surface area contributed by atoms with Crippen molar-refractivity contribution in [1.29, 1.82) is 0 Å². The summed E-state index contributed by atoms with van der Waals surface area (Å²) in [5, 5.41) is 5.20. The fourth-order valence-electron chi connectivity index (χ4n) is 2.57. The number of hydrogen-bond acceptors (Lipinski definition) is 4. The Kier molecular flexibility index (Phi) is 6.16. The van der Waals surface area contributed by atoms with Crippen LogP contribution in [0.15, 0.2) is 53.9 Å². The summed E-state index contributed by atoms with van der Waals surface area (Å²) < 4.78 is 13.4. The van der Waals surface area contributed by atoms with E-state index in [4.69, 9.17) is 0 Å². The number of halogens is 1. The molecule has 3 aromatic rings. The molecule has 1 heterocycles. The predicted molar refractivity (Wildman–Crippen MR) is 109 cm³/mol. The van der Waals surface area contributed by atoms with Crippen LogP contribution >= 0.6 is 11.3 Å². The van der Waals surface area contributed by atoms with Crippen LogP contribution in [-0.4, -0.2) is 35.3 Å². The van der Waals surface area contributed by atoms with E-state index in [9.17, 15) is 14.0 Å². The Hall–Kier alpha value is -3.06. The molecule has 0 atom stereocenters. The molecule has 0 fully saturated rings. The van der Waals surface area contributed by atoms with Gasteiger partial charge in [0.05, 0.1) is 18.7 Å². The first-order valence-corrected chi connectivity index (χ1v) is 9.59. The van der Waals surface area contributed by atoms with Crippen molar-refractivity contribution in [1.82, 2.24) is 9.88 Å². The molecule has 3 rings (SSSR count). The number of benzene rings is 2. The number of anilines is 1. The van der Waals surface area contributed by atoms with Gasteiger partial charge in [0.2, 0.25) is 11.8 Å². The number of hydrogen-bond donors (Lipinski definition) is 1. The quantitative estimate of drug-likeness (QED) is 0.686. The molecule has 144 valence electrons. The molecule has 1 N–H and O–H groups in total. The Labute approximate surface area is 166 Å². The summed E-state index contributed by atoms with van der Waals surface area (Å²) in [7, 11) is 1.58. The first kappa shape index (κ1) is 19.7. The zero-order chi connectivity index (χ0) is 20.1. The Bertz CT molecular complexity index is 985. The van der Waals surface area contributed by atoms with Crippen molar-refractivity contribution in [3.63, 3.8) is 0 Å². The average Bonchev–Trinajstić information content (AvgIpc) is 3.12. The minimum atomic E-state index is -0.329. The van der Waals surface area contributed by atoms with E-state index in [1.165, 1.54) is 28.4 Å². The maximum Gasteiger partial charge on any atom is 0.243 e. The van der Waals surface area contributed by atoms with Gasteiger partial charge in [0.1, 0.15) is 10.8 Å². The molecule has 2 amide bonds. The van der Waals surface area contributed by atoms with Gasteiger partial charge in [-0.3, -0.25) is 9.59 Å². The minimum absolute atomic E-state index is 0.0480. The Morgan fingerprint density at radius 1 is 1.18 bits per heavy atom. The SMILES string of the molecule is Cc1ccc(NC(=O)CN(C)C(=O)Cc2csc(-c3cccc(F)c3)n2)cc1. The molecule has 0 unspecified atom stereocenters. The summed E-state index contributed by atoms with van der Waals surface area (Å²) in [5.41, 5.74) is 3.07. The number of nitrogens with zero attached hydrogens (tertiary/aromatic N) is 2. The van der Waals surface area contributed by atoms with Crippen LogP contribution < -0.4 is 5.32 Å². The highest BCUT2D eigenvalue weighted by Crippen LogP contribution is 2.24. The van der Waals surface area contributed by atoms with E-state index in [0.29, 0.717) is 22.0 Å². The summed E-state index contributed by atoms with van der Waals surface area (Å²) in [5.74, 6) is -0.807. The largest absolute Gasteiger partial charge is 0.336 e. The highest BCUT2D eigenvalue weighted by molar-refractivity contribution is 7.13. The average molecular weight is 397 g/mol. The monoisotopic (exact) mass is 397 g/mol. The summed E-state index contributed by atoms with van der Waals surface area (Å²) in [6.07, 6.45) is 0.0835. The molecule has 0 aliphatic heterocycles. The van der Waals surface area contributed by atoms with Crippen LogP contribution in [0, 0.1) is 12.7 Å². The fraction of sp³-hybridized carbons (Fsp3) is 0.190. The zero-order valence-electron chi connectivity index (χ0n) is 15.6. The molecule has 1 aromatic heterocycles. The molecule has 0 aliphatic carbocycles. The van der Waals surface area contributed by atoms with Gasteiger partial charge in [0.15, 0.2) is 0 Å². The van der Waals surface area contributed by atoms with Crippen molar-refractivity contribution in [3.05, 3.63) is 71.0 Å². The van der Waals surface area contributed by atoms with Gasteiger partial charge in [-0.1, -0.05) is 29.8 Å². The summed E-state index contributed by atoms with van der Waals surface area (Å²) >= 11 is 1.35. The van der Waals surface area contributed by atoms with Crippen molar-refractivity contribution >= 4 is 28.8 Å². The van der Waals surface area contributed by atoms with E-state index in [0.717, 1.165) is 5.56 Å². The van der Waals surface area contributed by atoms with Crippen LogP contribution in [0.1, 0.15) is 11.3 Å². The van der Waals surface area contributed by atoms with Crippen LogP contribution in [-0.2, 0) is 16.0 Å². The van der Waals surface area contributed by atoms with Gasteiger partial charge in [0.25, 0.3) is 0 Å². The first-order chi connectivity index (χ1) is 13.4. The van der Waals surface area contributed by atoms with E-state index in [1.54, 1.807) is 24.6 Å². The lowest BCUT2D eigenvalue weighted by molar-refractivity contribution is -0.132. The normalized spacial score (nSPS) is 10.5. The number of carbonyl (C=O) groups is 2. The van der Waals surface area contributed by atoms with Gasteiger partial charge in [-0.2, -0.15) is 0 Å². The van der Waals surface area contributed by atoms with Gasteiger partial charge < -0.3 is 10.2 Å². The highest BCUT2D eigenvalue weighted by Gasteiger charge is 2.16. The van der Waals surface area contributed by atoms with Gasteiger partial charge in [0, 0.05) is 23.7 Å². The van der Waals surface area contributed by atoms with Gasteiger partial charge in [-0.25, -0.2) is 9.37 Å². The molecular formula is C21H20FN3O2S. The number of amides is 2. The van der Waals surface area contributed by atoms with Crippen molar-refractivity contribution in [3.8, 4) is 10.6 Å². The number of rotatable bonds is 6. The maximum atomic E-state index is 13.4. The van der Waals surface area contributed by atoms with E-state index in [-0.39, 0.29) is 30.6 Å². The van der Waals surface area contributed by atoms with Crippen molar-refractivity contribution in [2.45, 2.75) is 13.3 Å². The Balaban J connectivity index is 1.55. The molecule has 2 aromatic carbocycles. The summed E-state index contributed by atoms with van der Waals surface area (Å²) in [6.45, 7) is 1.92. The van der Waals surface area contributed by atoms with E-state index in [1.807, 2.05) is 31.2 Å². The van der Waals surface area contributed by atoms with Crippen LogP contribution in [0.2, 0.25) is 0 Å². The predicted octanol–water partition coefficient (Wildman–Crippen LogP) is 3.90. The number of thiazole rings is 1. The molecule has 0 aliphatic rings. The Morgan fingerprint density at radius 2 is 1.93 bits per heavy atom. The maximum absolute atomic E-state index is 13.4. The molecule has 5 nitrogen and oxygen atoms in total. The molecular weight excluding hydrogens is 377 g/mol. The minimum Gasteiger partial charge on any atom is -0.336 e. The number of likely N-dealkylation sites (N-methyl/N-ethyl adjacent to an activating group) is 1. The second kappa shape index (κ2) is 8.75. The second-order valence-electron chi connectivity index (χ2n) is 6.50. The lowest BCUT2D eigenvalue weighted by atomic mass is 10.2. The van der Waals surface area contributed by atoms with Crippen LogP contribution in [0.5, 0.6) is 0 Å². The van der Waals surface area contributed by atoms with Gasteiger partial charge >= 0.3 is 0 Å².